The van der Waals surface area contributed by atoms with E-state index in [1.54, 1.807) is 11.6 Å². The number of aryl methyl sites for hydroxylation is 1. The van der Waals surface area contributed by atoms with Gasteiger partial charge in [0.1, 0.15) is 12.2 Å². The van der Waals surface area contributed by atoms with Crippen LogP contribution in [0.15, 0.2) is 6.33 Å². The fraction of sp³-hybridized carbons (Fsp3) is 0.778. The highest BCUT2D eigenvalue weighted by atomic mass is 16.3. The van der Waals surface area contributed by atoms with Crippen LogP contribution in [0.1, 0.15) is 26.1 Å². The van der Waals surface area contributed by atoms with Crippen LogP contribution in [0.4, 0.5) is 0 Å². The highest BCUT2D eigenvalue weighted by Crippen LogP contribution is 2.03. The number of hydrogen-bond donors (Lipinski definition) is 2. The van der Waals surface area contributed by atoms with E-state index in [9.17, 15) is 5.11 Å². The van der Waals surface area contributed by atoms with E-state index in [1.807, 2.05) is 0 Å². The van der Waals surface area contributed by atoms with Gasteiger partial charge in [0.2, 0.25) is 0 Å². The largest absolute Gasteiger partial charge is 0.391 e. The smallest absolute Gasteiger partial charge is 0.138 e. The first-order valence-corrected chi connectivity index (χ1v) is 4.88. The zero-order valence-corrected chi connectivity index (χ0v) is 8.59. The molecule has 0 aliphatic carbocycles. The van der Waals surface area contributed by atoms with Crippen LogP contribution in [0, 0.1) is 0 Å². The Balaban J connectivity index is 2.61. The molecule has 0 saturated carbocycles. The van der Waals surface area contributed by atoms with Crippen LogP contribution < -0.4 is 0 Å². The Bertz CT molecular complexity index is 273. The highest BCUT2D eigenvalue weighted by molar-refractivity contribution is 4.88. The van der Waals surface area contributed by atoms with Crippen molar-refractivity contribution < 1.29 is 10.2 Å². The minimum atomic E-state index is -0.769. The van der Waals surface area contributed by atoms with Crippen molar-refractivity contribution in [3.8, 4) is 0 Å². The summed E-state index contributed by atoms with van der Waals surface area (Å²) in [5, 5.41) is 22.6. The summed E-state index contributed by atoms with van der Waals surface area (Å²) in [7, 11) is 0. The van der Waals surface area contributed by atoms with Crippen molar-refractivity contribution in [1.82, 2.24) is 14.8 Å². The van der Waals surface area contributed by atoms with Gasteiger partial charge in [0, 0.05) is 13.0 Å². The molecule has 80 valence electrons. The van der Waals surface area contributed by atoms with Crippen molar-refractivity contribution in [1.29, 1.82) is 0 Å². The van der Waals surface area contributed by atoms with Crippen LogP contribution >= 0.6 is 0 Å². The molecule has 0 aromatic carbocycles. The lowest BCUT2D eigenvalue weighted by Gasteiger charge is -2.13. The summed E-state index contributed by atoms with van der Waals surface area (Å²) in [6.45, 7) is 4.41. The van der Waals surface area contributed by atoms with Gasteiger partial charge in [-0.25, -0.2) is 4.98 Å². The fourth-order valence-electron chi connectivity index (χ4n) is 1.20. The Labute approximate surface area is 83.4 Å². The molecule has 1 heterocycles. The molecule has 2 atom stereocenters. The monoisotopic (exact) mass is 199 g/mol. The maximum Gasteiger partial charge on any atom is 0.138 e. The van der Waals surface area contributed by atoms with Gasteiger partial charge in [0.15, 0.2) is 0 Å². The summed E-state index contributed by atoms with van der Waals surface area (Å²) in [4.78, 5) is 4.04. The summed E-state index contributed by atoms with van der Waals surface area (Å²) < 4.78 is 1.76. The van der Waals surface area contributed by atoms with Crippen molar-refractivity contribution in [3.05, 3.63) is 12.2 Å². The number of rotatable bonds is 5. The van der Waals surface area contributed by atoms with Gasteiger partial charge in [-0.15, -0.1) is 0 Å². The standard InChI is InChI=1S/C9H17N3O2/c1-3-4-12-9(10-6-11-12)5-8(14)7(2)13/h6-8,13-14H,3-5H2,1-2H3. The topological polar surface area (TPSA) is 71.2 Å². The first kappa shape index (κ1) is 11.1. The molecule has 0 amide bonds. The second-order valence-corrected chi connectivity index (χ2v) is 3.41. The summed E-state index contributed by atoms with van der Waals surface area (Å²) in [5.74, 6) is 0.722. The third kappa shape index (κ3) is 2.78. The zero-order chi connectivity index (χ0) is 10.6. The van der Waals surface area contributed by atoms with Crippen LogP contribution in [0.25, 0.3) is 0 Å². The number of aliphatic hydroxyl groups excluding tert-OH is 2. The third-order valence-electron chi connectivity index (χ3n) is 2.08. The number of aromatic nitrogens is 3. The summed E-state index contributed by atoms with van der Waals surface area (Å²) >= 11 is 0. The second-order valence-electron chi connectivity index (χ2n) is 3.41. The number of aliphatic hydroxyl groups is 2. The second kappa shape index (κ2) is 5.07. The molecule has 0 aliphatic heterocycles. The summed E-state index contributed by atoms with van der Waals surface area (Å²) in [6.07, 6.45) is 1.29. The van der Waals surface area contributed by atoms with Gasteiger partial charge in [-0.05, 0) is 13.3 Å². The summed E-state index contributed by atoms with van der Waals surface area (Å²) in [6, 6.07) is 0. The lowest BCUT2D eigenvalue weighted by atomic mass is 10.1. The molecule has 2 N–H and O–H groups in total. The molecule has 0 spiro atoms. The molecule has 0 radical (unpaired) electrons. The average molecular weight is 199 g/mol. The fourth-order valence-corrected chi connectivity index (χ4v) is 1.20. The van der Waals surface area contributed by atoms with Gasteiger partial charge in [0.25, 0.3) is 0 Å². The van der Waals surface area contributed by atoms with Gasteiger partial charge in [-0.3, -0.25) is 4.68 Å². The molecule has 1 rings (SSSR count). The molecule has 0 aliphatic rings. The average Bonchev–Trinajstić information content (AvgIpc) is 2.53. The van der Waals surface area contributed by atoms with E-state index in [1.165, 1.54) is 6.33 Å². The molecule has 14 heavy (non-hydrogen) atoms. The quantitative estimate of drug-likeness (QED) is 0.698. The first-order chi connectivity index (χ1) is 6.65. The van der Waals surface area contributed by atoms with Gasteiger partial charge in [-0.2, -0.15) is 5.10 Å². The minimum Gasteiger partial charge on any atom is -0.391 e. The van der Waals surface area contributed by atoms with Crippen molar-refractivity contribution in [2.75, 3.05) is 0 Å². The Morgan fingerprint density at radius 2 is 2.21 bits per heavy atom. The highest BCUT2D eigenvalue weighted by Gasteiger charge is 2.15. The molecule has 1 aromatic heterocycles. The van der Waals surface area contributed by atoms with Crippen LogP contribution in [-0.4, -0.2) is 37.2 Å². The maximum absolute atomic E-state index is 9.46. The normalized spacial score (nSPS) is 15.4. The van der Waals surface area contributed by atoms with Crippen LogP contribution in [0.2, 0.25) is 0 Å². The van der Waals surface area contributed by atoms with E-state index >= 15 is 0 Å². The predicted octanol–water partition coefficient (Wildman–Crippen LogP) is -0.0277. The lowest BCUT2D eigenvalue weighted by Crippen LogP contribution is -2.26. The number of hydrogen-bond acceptors (Lipinski definition) is 4. The Morgan fingerprint density at radius 3 is 2.79 bits per heavy atom. The van der Waals surface area contributed by atoms with Crippen LogP contribution in [0.3, 0.4) is 0 Å². The van der Waals surface area contributed by atoms with E-state index in [4.69, 9.17) is 5.11 Å². The van der Waals surface area contributed by atoms with Crippen molar-refractivity contribution in [2.24, 2.45) is 0 Å². The molecule has 5 nitrogen and oxygen atoms in total. The summed E-state index contributed by atoms with van der Waals surface area (Å²) in [5.41, 5.74) is 0. The number of nitrogens with zero attached hydrogens (tertiary/aromatic N) is 3. The van der Waals surface area contributed by atoms with E-state index in [2.05, 4.69) is 17.0 Å². The zero-order valence-electron chi connectivity index (χ0n) is 8.59. The third-order valence-corrected chi connectivity index (χ3v) is 2.08. The maximum atomic E-state index is 9.46. The predicted molar refractivity (Wildman–Crippen MR) is 51.7 cm³/mol. The molecule has 0 fully saturated rings. The molecule has 2 unspecified atom stereocenters. The molecule has 1 aromatic rings. The van der Waals surface area contributed by atoms with Crippen molar-refractivity contribution in [3.63, 3.8) is 0 Å². The first-order valence-electron chi connectivity index (χ1n) is 4.88. The Hall–Kier alpha value is -0.940. The molecule has 0 saturated heterocycles. The van der Waals surface area contributed by atoms with Crippen LogP contribution in [-0.2, 0) is 13.0 Å². The Morgan fingerprint density at radius 1 is 1.50 bits per heavy atom. The van der Waals surface area contributed by atoms with Crippen LogP contribution in [0.5, 0.6) is 0 Å². The van der Waals surface area contributed by atoms with Gasteiger partial charge < -0.3 is 10.2 Å². The van der Waals surface area contributed by atoms with Crippen molar-refractivity contribution >= 4 is 0 Å². The molecular weight excluding hydrogens is 182 g/mol. The minimum absolute atomic E-state index is 0.345. The van der Waals surface area contributed by atoms with Gasteiger partial charge in [-0.1, -0.05) is 6.92 Å². The Kier molecular flexibility index (Phi) is 4.03. The van der Waals surface area contributed by atoms with E-state index in [0.29, 0.717) is 6.42 Å². The van der Waals surface area contributed by atoms with E-state index in [0.717, 1.165) is 18.8 Å². The molecular formula is C9H17N3O2. The van der Waals surface area contributed by atoms with E-state index < -0.39 is 12.2 Å². The van der Waals surface area contributed by atoms with Crippen molar-refractivity contribution in [2.45, 2.75) is 45.4 Å². The van der Waals surface area contributed by atoms with Gasteiger partial charge in [0.05, 0.1) is 12.2 Å². The van der Waals surface area contributed by atoms with Gasteiger partial charge >= 0.3 is 0 Å². The van der Waals surface area contributed by atoms with E-state index in [-0.39, 0.29) is 0 Å². The lowest BCUT2D eigenvalue weighted by molar-refractivity contribution is 0.0301. The molecule has 0 bridgehead atoms. The molecule has 5 heteroatoms. The SMILES string of the molecule is CCCn1ncnc1CC(O)C(C)O.